The van der Waals surface area contributed by atoms with E-state index in [1.54, 1.807) is 6.92 Å². The molecule has 1 fully saturated rings. The lowest BCUT2D eigenvalue weighted by Gasteiger charge is -2.24. The van der Waals surface area contributed by atoms with Crippen LogP contribution in [0.25, 0.3) is 0 Å². The van der Waals surface area contributed by atoms with Crippen LogP contribution in [0.3, 0.4) is 0 Å². The van der Waals surface area contributed by atoms with E-state index in [-0.39, 0.29) is 24.3 Å². The molecule has 0 aromatic heterocycles. The molecule has 5 heteroatoms. The Bertz CT molecular complexity index is 272. The monoisotopic (exact) mass is 228 g/mol. The Hall–Kier alpha value is -1.10. The summed E-state index contributed by atoms with van der Waals surface area (Å²) in [6, 6.07) is -0.235. The number of rotatable bonds is 4. The summed E-state index contributed by atoms with van der Waals surface area (Å²) in [4.78, 5) is 22.9. The van der Waals surface area contributed by atoms with Gasteiger partial charge in [-0.3, -0.25) is 9.59 Å². The number of hydrogen-bond donors (Lipinski definition) is 2. The van der Waals surface area contributed by atoms with Crippen LogP contribution in [0.2, 0.25) is 0 Å². The second-order valence-corrected chi connectivity index (χ2v) is 4.52. The van der Waals surface area contributed by atoms with Gasteiger partial charge in [0.25, 0.3) is 0 Å². The van der Waals surface area contributed by atoms with E-state index < -0.39 is 5.54 Å². The van der Waals surface area contributed by atoms with Crippen molar-refractivity contribution in [2.24, 2.45) is 5.73 Å². The highest BCUT2D eigenvalue weighted by Gasteiger charge is 2.37. The third kappa shape index (κ3) is 3.20. The fourth-order valence-electron chi connectivity index (χ4n) is 1.98. The molecule has 1 rings (SSSR count). The molecule has 3 N–H and O–H groups in total. The topological polar surface area (TPSA) is 81.4 Å². The van der Waals surface area contributed by atoms with Crippen molar-refractivity contribution >= 4 is 11.9 Å². The minimum atomic E-state index is -0.732. The van der Waals surface area contributed by atoms with Gasteiger partial charge in [-0.1, -0.05) is 12.8 Å². The number of hydrogen-bond acceptors (Lipinski definition) is 4. The van der Waals surface area contributed by atoms with Gasteiger partial charge in [-0.15, -0.1) is 0 Å². The van der Waals surface area contributed by atoms with E-state index in [4.69, 9.17) is 5.73 Å². The summed E-state index contributed by atoms with van der Waals surface area (Å²) in [5, 5.41) is 2.76. The van der Waals surface area contributed by atoms with Crippen molar-refractivity contribution in [2.45, 2.75) is 50.6 Å². The summed E-state index contributed by atoms with van der Waals surface area (Å²) in [6.07, 6.45) is 3.62. The van der Waals surface area contributed by atoms with E-state index in [9.17, 15) is 9.59 Å². The summed E-state index contributed by atoms with van der Waals surface area (Å²) in [5.74, 6) is -0.480. The van der Waals surface area contributed by atoms with Crippen LogP contribution in [0.15, 0.2) is 0 Å². The smallest absolute Gasteiger partial charge is 0.307 e. The van der Waals surface area contributed by atoms with Crippen LogP contribution in [-0.4, -0.2) is 30.6 Å². The highest BCUT2D eigenvalue weighted by Crippen LogP contribution is 2.27. The van der Waals surface area contributed by atoms with Crippen molar-refractivity contribution in [3.05, 3.63) is 0 Å². The van der Waals surface area contributed by atoms with Crippen LogP contribution in [0.5, 0.6) is 0 Å². The first-order chi connectivity index (χ1) is 7.48. The van der Waals surface area contributed by atoms with Gasteiger partial charge < -0.3 is 15.8 Å². The van der Waals surface area contributed by atoms with Crippen molar-refractivity contribution in [1.29, 1.82) is 0 Å². The van der Waals surface area contributed by atoms with Gasteiger partial charge in [0.1, 0.15) is 0 Å². The number of ether oxygens (including phenoxy) is 1. The minimum absolute atomic E-state index is 0.151. The standard InChI is InChI=1S/C11H20N2O3/c1-8(7-9(14)16-2)13-10(15)11(12)5-3-4-6-11/h8H,3-7,12H2,1-2H3,(H,13,15). The van der Waals surface area contributed by atoms with Crippen molar-refractivity contribution in [2.75, 3.05) is 7.11 Å². The summed E-state index contributed by atoms with van der Waals surface area (Å²) >= 11 is 0. The quantitative estimate of drug-likeness (QED) is 0.679. The van der Waals surface area contributed by atoms with E-state index in [2.05, 4.69) is 10.1 Å². The Morgan fingerprint density at radius 3 is 2.50 bits per heavy atom. The van der Waals surface area contributed by atoms with Gasteiger partial charge in [0.05, 0.1) is 19.1 Å². The molecule has 1 amide bonds. The molecule has 0 aliphatic heterocycles. The molecule has 16 heavy (non-hydrogen) atoms. The molecule has 0 saturated heterocycles. The third-order valence-corrected chi connectivity index (χ3v) is 3.03. The van der Waals surface area contributed by atoms with Gasteiger partial charge in [-0.2, -0.15) is 0 Å². The van der Waals surface area contributed by atoms with E-state index in [1.165, 1.54) is 7.11 Å². The van der Waals surface area contributed by atoms with E-state index >= 15 is 0 Å². The number of nitrogens with two attached hydrogens (primary N) is 1. The Morgan fingerprint density at radius 2 is 2.00 bits per heavy atom. The number of esters is 1. The zero-order valence-corrected chi connectivity index (χ0v) is 9.91. The van der Waals surface area contributed by atoms with Gasteiger partial charge in [-0.05, 0) is 19.8 Å². The number of methoxy groups -OCH3 is 1. The second kappa shape index (κ2) is 5.30. The van der Waals surface area contributed by atoms with Gasteiger partial charge >= 0.3 is 5.97 Å². The van der Waals surface area contributed by atoms with Crippen molar-refractivity contribution in [3.8, 4) is 0 Å². The number of carbonyl (C=O) groups excluding carboxylic acids is 2. The molecule has 0 radical (unpaired) electrons. The predicted octanol–water partition coefficient (Wildman–Crippen LogP) is 0.326. The molecule has 0 aromatic rings. The highest BCUT2D eigenvalue weighted by atomic mass is 16.5. The van der Waals surface area contributed by atoms with Gasteiger partial charge in [-0.25, -0.2) is 0 Å². The predicted molar refractivity (Wildman–Crippen MR) is 59.6 cm³/mol. The Kier molecular flexibility index (Phi) is 4.29. The lowest BCUT2D eigenvalue weighted by Crippen LogP contribution is -2.54. The first-order valence-electron chi connectivity index (χ1n) is 5.64. The largest absolute Gasteiger partial charge is 0.469 e. The Balaban J connectivity index is 2.41. The van der Waals surface area contributed by atoms with Crippen molar-refractivity contribution < 1.29 is 14.3 Å². The van der Waals surface area contributed by atoms with Crippen LogP contribution >= 0.6 is 0 Å². The van der Waals surface area contributed by atoms with Crippen LogP contribution < -0.4 is 11.1 Å². The maximum atomic E-state index is 11.9. The molecule has 0 heterocycles. The molecular weight excluding hydrogens is 208 g/mol. The lowest BCUT2D eigenvalue weighted by atomic mass is 9.97. The molecule has 1 aliphatic carbocycles. The molecule has 0 spiro atoms. The fourth-order valence-corrected chi connectivity index (χ4v) is 1.98. The highest BCUT2D eigenvalue weighted by molar-refractivity contribution is 5.87. The SMILES string of the molecule is COC(=O)CC(C)NC(=O)C1(N)CCCC1. The first kappa shape index (κ1) is 13.0. The summed E-state index contributed by atoms with van der Waals surface area (Å²) in [6.45, 7) is 1.77. The molecule has 0 aromatic carbocycles. The summed E-state index contributed by atoms with van der Waals surface area (Å²) in [5.41, 5.74) is 5.25. The van der Waals surface area contributed by atoms with E-state index in [0.29, 0.717) is 0 Å². The maximum absolute atomic E-state index is 11.9. The molecule has 0 bridgehead atoms. The first-order valence-corrected chi connectivity index (χ1v) is 5.64. The zero-order valence-electron chi connectivity index (χ0n) is 9.91. The van der Waals surface area contributed by atoms with Crippen LogP contribution in [-0.2, 0) is 14.3 Å². The second-order valence-electron chi connectivity index (χ2n) is 4.52. The molecule has 1 saturated carbocycles. The molecule has 5 nitrogen and oxygen atoms in total. The normalized spacial score (nSPS) is 20.2. The van der Waals surface area contributed by atoms with Crippen molar-refractivity contribution in [1.82, 2.24) is 5.32 Å². The molecule has 92 valence electrons. The number of amides is 1. The third-order valence-electron chi connectivity index (χ3n) is 3.03. The number of nitrogens with one attached hydrogen (secondary N) is 1. The van der Waals surface area contributed by atoms with Gasteiger partial charge in [0, 0.05) is 6.04 Å². The van der Waals surface area contributed by atoms with Crippen LogP contribution in [0, 0.1) is 0 Å². The molecule has 1 aliphatic rings. The molecular formula is C11H20N2O3. The lowest BCUT2D eigenvalue weighted by molar-refractivity contribution is -0.141. The maximum Gasteiger partial charge on any atom is 0.307 e. The molecule has 1 unspecified atom stereocenters. The van der Waals surface area contributed by atoms with Crippen molar-refractivity contribution in [3.63, 3.8) is 0 Å². The van der Waals surface area contributed by atoms with E-state index in [0.717, 1.165) is 25.7 Å². The Labute approximate surface area is 95.7 Å². The summed E-state index contributed by atoms with van der Waals surface area (Å²) in [7, 11) is 1.33. The van der Waals surface area contributed by atoms with E-state index in [1.807, 2.05) is 0 Å². The van der Waals surface area contributed by atoms with Gasteiger partial charge in [0.15, 0.2) is 0 Å². The summed E-state index contributed by atoms with van der Waals surface area (Å²) < 4.78 is 4.53. The fraction of sp³-hybridized carbons (Fsp3) is 0.818. The average molecular weight is 228 g/mol. The van der Waals surface area contributed by atoms with Crippen LogP contribution in [0.4, 0.5) is 0 Å². The average Bonchev–Trinajstić information content (AvgIpc) is 2.66. The minimum Gasteiger partial charge on any atom is -0.469 e. The van der Waals surface area contributed by atoms with Gasteiger partial charge in [0.2, 0.25) is 5.91 Å². The molecule has 1 atom stereocenters. The van der Waals surface area contributed by atoms with Crippen LogP contribution in [0.1, 0.15) is 39.0 Å². The zero-order chi connectivity index (χ0) is 12.2. The Morgan fingerprint density at radius 1 is 1.44 bits per heavy atom. The number of carbonyl (C=O) groups is 2.